The highest BCUT2D eigenvalue weighted by atomic mass is 19.4. The quantitative estimate of drug-likeness (QED) is 0.564. The van der Waals surface area contributed by atoms with Crippen LogP contribution >= 0.6 is 0 Å². The molecule has 0 aliphatic carbocycles. The average molecular weight is 556 g/mol. The van der Waals surface area contributed by atoms with Gasteiger partial charge in [-0.2, -0.15) is 18.4 Å². The van der Waals surface area contributed by atoms with E-state index in [0.717, 1.165) is 43.2 Å². The zero-order valence-corrected chi connectivity index (χ0v) is 23.0. The van der Waals surface area contributed by atoms with E-state index in [2.05, 4.69) is 28.1 Å². The molecule has 214 valence electrons. The maximum atomic E-state index is 14.0. The van der Waals surface area contributed by atoms with E-state index in [1.54, 1.807) is 18.2 Å². The first kappa shape index (κ1) is 28.6. The van der Waals surface area contributed by atoms with Crippen LogP contribution in [0.15, 0.2) is 36.4 Å². The lowest BCUT2D eigenvalue weighted by Gasteiger charge is -2.37. The molecule has 2 aromatic carbocycles. The van der Waals surface area contributed by atoms with E-state index >= 15 is 0 Å². The number of amides is 1. The number of anilines is 1. The third-order valence-electron chi connectivity index (χ3n) is 8.42. The van der Waals surface area contributed by atoms with Gasteiger partial charge in [0.1, 0.15) is 6.04 Å². The summed E-state index contributed by atoms with van der Waals surface area (Å²) in [5.74, 6) is -0.123. The number of piperazine rings is 1. The number of nitriles is 1. The number of likely N-dealkylation sites (N-methyl/N-ethyl adjacent to an activating group) is 1. The van der Waals surface area contributed by atoms with Crippen LogP contribution in [0.4, 0.5) is 18.9 Å². The number of alkyl halides is 3. The lowest BCUT2D eigenvalue weighted by Crippen LogP contribution is -2.44. The second kappa shape index (κ2) is 11.9. The SMILES string of the molecule is C[C@H]1CN(C(C#N)C2CCOC2)Cc2cc(C(=O)Nc3ccc(CN4CCN(C)CC4)c(C(F)(F)F)c3)ccc21. The summed E-state index contributed by atoms with van der Waals surface area (Å²) in [6.45, 7) is 7.90. The van der Waals surface area contributed by atoms with Gasteiger partial charge in [0.25, 0.3) is 5.91 Å². The molecule has 2 aromatic rings. The smallest absolute Gasteiger partial charge is 0.381 e. The molecule has 0 aromatic heterocycles. The summed E-state index contributed by atoms with van der Waals surface area (Å²) in [5, 5.41) is 12.6. The van der Waals surface area contributed by atoms with Crippen molar-refractivity contribution in [1.82, 2.24) is 14.7 Å². The molecular formula is C30H36F3N5O2. The largest absolute Gasteiger partial charge is 0.416 e. The van der Waals surface area contributed by atoms with Crippen molar-refractivity contribution < 1.29 is 22.7 Å². The molecule has 0 saturated carbocycles. The van der Waals surface area contributed by atoms with Crippen LogP contribution in [0, 0.1) is 17.2 Å². The van der Waals surface area contributed by atoms with Crippen LogP contribution in [-0.4, -0.2) is 79.6 Å². The standard InChI is InChI=1S/C30H36F3N5O2/c1-20-16-38(28(15-34)23-7-12-40-19-23)18-24-13-21(4-6-26(20)24)29(39)35-25-5-3-22(27(14-25)30(31,32)33)17-37-10-8-36(2)9-11-37/h3-6,13-14,20,23,28H,7-12,16-19H2,1-2H3,(H,35,39)/t20-,23?,28?/m0/s1. The zero-order chi connectivity index (χ0) is 28.4. The minimum Gasteiger partial charge on any atom is -0.381 e. The molecule has 5 rings (SSSR count). The Morgan fingerprint density at radius 2 is 1.95 bits per heavy atom. The Morgan fingerprint density at radius 1 is 1.18 bits per heavy atom. The van der Waals surface area contributed by atoms with E-state index < -0.39 is 17.6 Å². The van der Waals surface area contributed by atoms with E-state index in [4.69, 9.17) is 4.74 Å². The highest BCUT2D eigenvalue weighted by Crippen LogP contribution is 2.36. The fourth-order valence-corrected chi connectivity index (χ4v) is 6.10. The molecule has 0 bridgehead atoms. The summed E-state index contributed by atoms with van der Waals surface area (Å²) in [4.78, 5) is 19.5. The Kier molecular flexibility index (Phi) is 8.47. The van der Waals surface area contributed by atoms with Gasteiger partial charge in [-0.25, -0.2) is 0 Å². The average Bonchev–Trinajstić information content (AvgIpc) is 3.45. The Bertz CT molecular complexity index is 1260. The van der Waals surface area contributed by atoms with Gasteiger partial charge in [0.2, 0.25) is 0 Å². The maximum absolute atomic E-state index is 14.0. The van der Waals surface area contributed by atoms with Crippen LogP contribution in [0.3, 0.4) is 0 Å². The lowest BCUT2D eigenvalue weighted by atomic mass is 9.87. The van der Waals surface area contributed by atoms with Gasteiger partial charge in [-0.15, -0.1) is 0 Å². The Morgan fingerprint density at radius 3 is 2.62 bits per heavy atom. The van der Waals surface area contributed by atoms with E-state index in [0.29, 0.717) is 38.4 Å². The number of rotatable bonds is 6. The molecule has 7 nitrogen and oxygen atoms in total. The van der Waals surface area contributed by atoms with E-state index in [-0.39, 0.29) is 35.7 Å². The normalized spacial score (nSPS) is 23.4. The molecule has 2 unspecified atom stereocenters. The van der Waals surface area contributed by atoms with E-state index in [9.17, 15) is 23.2 Å². The third-order valence-corrected chi connectivity index (χ3v) is 8.42. The number of halogens is 3. The lowest BCUT2D eigenvalue weighted by molar-refractivity contribution is -0.138. The fraction of sp³-hybridized carbons (Fsp3) is 0.533. The summed E-state index contributed by atoms with van der Waals surface area (Å²) in [6.07, 6.45) is -3.68. The van der Waals surface area contributed by atoms with Crippen LogP contribution in [-0.2, 0) is 24.0 Å². The molecule has 10 heteroatoms. The van der Waals surface area contributed by atoms with Gasteiger partial charge < -0.3 is 15.0 Å². The van der Waals surface area contributed by atoms with Gasteiger partial charge >= 0.3 is 6.18 Å². The van der Waals surface area contributed by atoms with Crippen molar-refractivity contribution in [2.24, 2.45) is 5.92 Å². The van der Waals surface area contributed by atoms with Crippen molar-refractivity contribution in [3.63, 3.8) is 0 Å². The number of hydrogen-bond acceptors (Lipinski definition) is 6. The number of carbonyl (C=O) groups excluding carboxylic acids is 1. The van der Waals surface area contributed by atoms with Crippen molar-refractivity contribution in [1.29, 1.82) is 5.26 Å². The molecule has 3 aliphatic heterocycles. The first-order chi connectivity index (χ1) is 19.1. The molecule has 40 heavy (non-hydrogen) atoms. The third kappa shape index (κ3) is 6.33. The molecule has 1 amide bonds. The first-order valence-corrected chi connectivity index (χ1v) is 13.9. The van der Waals surface area contributed by atoms with Crippen LogP contribution in [0.2, 0.25) is 0 Å². The number of ether oxygens (including phenoxy) is 1. The molecule has 0 spiro atoms. The number of nitrogens with zero attached hydrogens (tertiary/aromatic N) is 4. The van der Waals surface area contributed by atoms with Gasteiger partial charge in [0.05, 0.1) is 18.2 Å². The molecule has 3 heterocycles. The molecule has 1 N–H and O–H groups in total. The highest BCUT2D eigenvalue weighted by molar-refractivity contribution is 6.04. The topological polar surface area (TPSA) is 71.8 Å². The minimum atomic E-state index is -4.53. The van der Waals surface area contributed by atoms with Gasteiger partial charge in [-0.1, -0.05) is 19.1 Å². The van der Waals surface area contributed by atoms with Crippen molar-refractivity contribution in [2.75, 3.05) is 58.3 Å². The van der Waals surface area contributed by atoms with Crippen molar-refractivity contribution >= 4 is 11.6 Å². The monoisotopic (exact) mass is 555 g/mol. The Hall–Kier alpha value is -2.97. The summed E-state index contributed by atoms with van der Waals surface area (Å²) >= 11 is 0. The Balaban J connectivity index is 1.32. The molecule has 2 fully saturated rings. The minimum absolute atomic E-state index is 0.109. The maximum Gasteiger partial charge on any atom is 0.416 e. The molecule has 2 saturated heterocycles. The Labute approximate surface area is 233 Å². The number of carbonyl (C=O) groups is 1. The van der Waals surface area contributed by atoms with Crippen molar-refractivity contribution in [3.8, 4) is 6.07 Å². The fourth-order valence-electron chi connectivity index (χ4n) is 6.10. The number of benzene rings is 2. The molecule has 3 atom stereocenters. The van der Waals surface area contributed by atoms with Crippen molar-refractivity contribution in [2.45, 2.75) is 44.6 Å². The van der Waals surface area contributed by atoms with Gasteiger partial charge in [0.15, 0.2) is 0 Å². The number of hydrogen-bond donors (Lipinski definition) is 1. The predicted molar refractivity (Wildman–Crippen MR) is 146 cm³/mol. The van der Waals surface area contributed by atoms with Gasteiger partial charge in [-0.3, -0.25) is 14.6 Å². The summed E-state index contributed by atoms with van der Waals surface area (Å²) in [7, 11) is 2.00. The van der Waals surface area contributed by atoms with E-state index in [1.807, 2.05) is 18.0 Å². The molecule has 0 radical (unpaired) electrons. The van der Waals surface area contributed by atoms with Gasteiger partial charge in [0, 0.05) is 69.6 Å². The predicted octanol–water partition coefficient (Wildman–Crippen LogP) is 4.55. The summed E-state index contributed by atoms with van der Waals surface area (Å²) in [5.41, 5.74) is 2.05. The van der Waals surface area contributed by atoms with Crippen LogP contribution in [0.5, 0.6) is 0 Å². The molecular weight excluding hydrogens is 519 g/mol. The first-order valence-electron chi connectivity index (χ1n) is 13.9. The summed E-state index contributed by atoms with van der Waals surface area (Å²) < 4.78 is 47.5. The highest BCUT2D eigenvalue weighted by Gasteiger charge is 2.36. The van der Waals surface area contributed by atoms with Crippen molar-refractivity contribution in [3.05, 3.63) is 64.2 Å². The number of nitrogens with one attached hydrogen (secondary N) is 1. The van der Waals surface area contributed by atoms with Crippen LogP contribution in [0.1, 0.15) is 51.9 Å². The second-order valence-electron chi connectivity index (χ2n) is 11.3. The van der Waals surface area contributed by atoms with Crippen LogP contribution < -0.4 is 5.32 Å². The van der Waals surface area contributed by atoms with Gasteiger partial charge in [-0.05, 0) is 60.3 Å². The second-order valence-corrected chi connectivity index (χ2v) is 11.3. The summed E-state index contributed by atoms with van der Waals surface area (Å²) in [6, 6.07) is 11.7. The van der Waals surface area contributed by atoms with E-state index in [1.165, 1.54) is 6.07 Å². The van der Waals surface area contributed by atoms with Crippen LogP contribution in [0.25, 0.3) is 0 Å². The number of fused-ring (bicyclic) bond motifs is 1. The molecule has 3 aliphatic rings. The zero-order valence-electron chi connectivity index (χ0n) is 23.0.